The summed E-state index contributed by atoms with van der Waals surface area (Å²) in [7, 11) is 0. The summed E-state index contributed by atoms with van der Waals surface area (Å²) < 4.78 is 5.96. The van der Waals surface area contributed by atoms with Crippen LogP contribution in [0.5, 0.6) is 0 Å². The molecule has 1 unspecified atom stereocenters. The third-order valence-electron chi connectivity index (χ3n) is 6.82. The average Bonchev–Trinajstić information content (AvgIpc) is 2.83. The topological polar surface area (TPSA) is 84.7 Å². The van der Waals surface area contributed by atoms with Crippen LogP contribution in [0.2, 0.25) is 0 Å². The summed E-state index contributed by atoms with van der Waals surface area (Å²) in [5.74, 6) is 9.51. The van der Waals surface area contributed by atoms with Gasteiger partial charge >= 0.3 is 0 Å². The number of likely N-dealkylation sites (tertiary alicyclic amines) is 1. The Hall–Kier alpha value is -2.80. The van der Waals surface area contributed by atoms with Crippen LogP contribution in [0.1, 0.15) is 68.4 Å². The second-order valence-corrected chi connectivity index (χ2v) is 9.29. The van der Waals surface area contributed by atoms with E-state index >= 15 is 0 Å². The van der Waals surface area contributed by atoms with Gasteiger partial charge in [-0.3, -0.25) is 14.9 Å². The Balaban J connectivity index is 1.16. The normalized spacial score (nSPS) is 26.0. The van der Waals surface area contributed by atoms with E-state index < -0.39 is 0 Å². The van der Waals surface area contributed by atoms with Gasteiger partial charge in [-0.15, -0.1) is 0 Å². The lowest BCUT2D eigenvalue weighted by molar-refractivity contribution is -0.134. The molecule has 2 aliphatic heterocycles. The van der Waals surface area contributed by atoms with Gasteiger partial charge in [0.15, 0.2) is 0 Å². The molecule has 1 aromatic carbocycles. The van der Waals surface area contributed by atoms with E-state index in [-0.39, 0.29) is 23.8 Å². The van der Waals surface area contributed by atoms with Crippen LogP contribution in [0.3, 0.4) is 0 Å². The number of carbonyl (C=O) groups is 2. The van der Waals surface area contributed by atoms with Gasteiger partial charge in [0, 0.05) is 43.1 Å². The third kappa shape index (κ3) is 6.84. The number of benzene rings is 1. The first-order chi connectivity index (χ1) is 16.1. The largest absolute Gasteiger partial charge is 0.365 e. The lowest BCUT2D eigenvalue weighted by atomic mass is 9.87. The van der Waals surface area contributed by atoms with Crippen molar-refractivity contribution in [1.82, 2.24) is 10.2 Å². The van der Waals surface area contributed by atoms with Crippen molar-refractivity contribution in [2.75, 3.05) is 19.7 Å². The maximum Gasteiger partial charge on any atom is 0.234 e. The maximum absolute atomic E-state index is 12.0. The molecule has 0 bridgehead atoms. The lowest BCUT2D eigenvalue weighted by Gasteiger charge is -2.29. The van der Waals surface area contributed by atoms with E-state index in [1.54, 1.807) is 0 Å². The zero-order valence-electron chi connectivity index (χ0n) is 19.1. The number of carbonyl (C=O) groups excluding carboxylic acids is 2. The number of nitrogens with two attached hydrogens (primary N) is 1. The molecule has 2 amide bonds. The van der Waals surface area contributed by atoms with Gasteiger partial charge in [0.25, 0.3) is 0 Å². The van der Waals surface area contributed by atoms with Crippen molar-refractivity contribution in [3.63, 3.8) is 0 Å². The number of hydrogen-bond acceptors (Lipinski definition) is 5. The minimum Gasteiger partial charge on any atom is -0.365 e. The number of piperidine rings is 2. The molecule has 174 valence electrons. The Morgan fingerprint density at radius 3 is 2.42 bits per heavy atom. The van der Waals surface area contributed by atoms with Gasteiger partial charge in [-0.1, -0.05) is 29.9 Å². The summed E-state index contributed by atoms with van der Waals surface area (Å²) in [5.41, 5.74) is 7.78. The molecule has 33 heavy (non-hydrogen) atoms. The molecule has 6 nitrogen and oxygen atoms in total. The summed E-state index contributed by atoms with van der Waals surface area (Å²) in [4.78, 5) is 25.5. The van der Waals surface area contributed by atoms with E-state index in [2.05, 4.69) is 34.0 Å². The van der Waals surface area contributed by atoms with Crippen LogP contribution in [-0.4, -0.2) is 48.6 Å². The molecule has 4 rings (SSSR count). The van der Waals surface area contributed by atoms with Crippen molar-refractivity contribution in [3.8, 4) is 23.8 Å². The highest BCUT2D eigenvalue weighted by Crippen LogP contribution is 2.25. The van der Waals surface area contributed by atoms with Gasteiger partial charge in [0.1, 0.15) is 6.61 Å². The van der Waals surface area contributed by atoms with Gasteiger partial charge in [0.2, 0.25) is 11.8 Å². The molecule has 1 atom stereocenters. The van der Waals surface area contributed by atoms with Crippen LogP contribution < -0.4 is 11.1 Å². The van der Waals surface area contributed by atoms with Crippen LogP contribution in [0.15, 0.2) is 24.3 Å². The Morgan fingerprint density at radius 1 is 1.00 bits per heavy atom. The summed E-state index contributed by atoms with van der Waals surface area (Å²) in [6, 6.07) is 11.4. The van der Waals surface area contributed by atoms with Gasteiger partial charge in [-0.05, 0) is 62.6 Å². The van der Waals surface area contributed by atoms with E-state index in [1.807, 2.05) is 24.3 Å². The number of rotatable bonds is 3. The van der Waals surface area contributed by atoms with Crippen LogP contribution >= 0.6 is 0 Å². The zero-order chi connectivity index (χ0) is 23.0. The van der Waals surface area contributed by atoms with Gasteiger partial charge in [-0.2, -0.15) is 0 Å². The number of nitrogens with zero attached hydrogens (tertiary/aromatic N) is 1. The first-order valence-electron chi connectivity index (χ1n) is 12.1. The Bertz CT molecular complexity index is 950. The van der Waals surface area contributed by atoms with E-state index in [0.29, 0.717) is 31.4 Å². The fraction of sp³-hybridized carbons (Fsp3) is 0.556. The smallest absolute Gasteiger partial charge is 0.234 e. The quantitative estimate of drug-likeness (QED) is 0.550. The second-order valence-electron chi connectivity index (χ2n) is 9.29. The monoisotopic (exact) mass is 447 g/mol. The van der Waals surface area contributed by atoms with Crippen molar-refractivity contribution >= 4 is 11.8 Å². The highest BCUT2D eigenvalue weighted by molar-refractivity contribution is 6.00. The molecular formula is C27H33N3O3. The Labute approximate surface area is 196 Å². The standard InChI is InChI=1S/C27H33N3O3/c28-23-9-5-21(6-10-23)13-16-30-17-14-24(15-18-30)33-19-1-2-20-3-7-22(8-4-20)25-11-12-26(31)29-27(25)32/h3-4,7-8,21,23-25H,5-6,9-12,14-15,17-19,28H2,(H,29,31,32). The molecule has 2 heterocycles. The fourth-order valence-electron chi connectivity index (χ4n) is 4.69. The van der Waals surface area contributed by atoms with E-state index in [0.717, 1.165) is 62.7 Å². The fourth-order valence-corrected chi connectivity index (χ4v) is 4.69. The minimum absolute atomic E-state index is 0.192. The molecule has 0 spiro atoms. The van der Waals surface area contributed by atoms with Gasteiger partial charge in [0.05, 0.1) is 12.0 Å². The van der Waals surface area contributed by atoms with E-state index in [1.165, 1.54) is 0 Å². The Morgan fingerprint density at radius 2 is 1.73 bits per heavy atom. The molecule has 0 radical (unpaired) electrons. The highest BCUT2D eigenvalue weighted by Gasteiger charge is 2.27. The van der Waals surface area contributed by atoms with Crippen LogP contribution in [0.4, 0.5) is 0 Å². The van der Waals surface area contributed by atoms with E-state index in [9.17, 15) is 9.59 Å². The van der Waals surface area contributed by atoms with Crippen molar-refractivity contribution in [1.29, 1.82) is 0 Å². The summed E-state index contributed by atoms with van der Waals surface area (Å²) >= 11 is 0. The molecule has 2 saturated heterocycles. The van der Waals surface area contributed by atoms with Crippen molar-refractivity contribution < 1.29 is 14.3 Å². The average molecular weight is 448 g/mol. The minimum atomic E-state index is -0.260. The van der Waals surface area contributed by atoms with Crippen molar-refractivity contribution in [3.05, 3.63) is 35.4 Å². The van der Waals surface area contributed by atoms with Crippen LogP contribution in [-0.2, 0) is 14.3 Å². The summed E-state index contributed by atoms with van der Waals surface area (Å²) in [6.45, 7) is 2.30. The molecule has 1 aromatic rings. The molecule has 3 aliphatic rings. The molecule has 3 N–H and O–H groups in total. The molecule has 6 heteroatoms. The second kappa shape index (κ2) is 11.4. The predicted molar refractivity (Wildman–Crippen MR) is 127 cm³/mol. The van der Waals surface area contributed by atoms with Crippen LogP contribution in [0.25, 0.3) is 0 Å². The number of imide groups is 1. The number of nitrogens with one attached hydrogen (secondary N) is 1. The summed E-state index contributed by atoms with van der Waals surface area (Å²) in [5, 5.41) is 2.40. The van der Waals surface area contributed by atoms with E-state index in [4.69, 9.17) is 10.5 Å². The maximum atomic E-state index is 12.0. The van der Waals surface area contributed by atoms with Gasteiger partial charge in [-0.25, -0.2) is 0 Å². The molecule has 1 aliphatic carbocycles. The third-order valence-corrected chi connectivity index (χ3v) is 6.82. The number of amides is 2. The predicted octanol–water partition coefficient (Wildman–Crippen LogP) is 2.52. The molecule has 3 fully saturated rings. The van der Waals surface area contributed by atoms with Gasteiger partial charge < -0.3 is 15.4 Å². The highest BCUT2D eigenvalue weighted by atomic mass is 16.5. The summed E-state index contributed by atoms with van der Waals surface area (Å²) in [6.07, 6.45) is 7.59. The molecule has 1 saturated carbocycles. The van der Waals surface area contributed by atoms with Crippen molar-refractivity contribution in [2.45, 2.75) is 69.4 Å². The zero-order valence-corrected chi connectivity index (χ0v) is 19.1. The first-order valence-corrected chi connectivity index (χ1v) is 12.1. The lowest BCUT2D eigenvalue weighted by Crippen LogP contribution is -2.39. The van der Waals surface area contributed by atoms with Crippen molar-refractivity contribution in [2.24, 2.45) is 11.7 Å². The SMILES string of the molecule is NC1CCC(C#CN2CCC(OCC#Cc3ccc(C4CCC(=O)NC4=O)cc3)CC2)CC1. The number of hydrogen-bond donors (Lipinski definition) is 2. The Kier molecular flexibility index (Phi) is 8.05. The number of ether oxygens (including phenoxy) is 1. The molecule has 0 aromatic heterocycles. The first kappa shape index (κ1) is 23.4. The van der Waals surface area contributed by atoms with Crippen LogP contribution in [0, 0.1) is 29.7 Å². The molecular weight excluding hydrogens is 414 g/mol.